The van der Waals surface area contributed by atoms with E-state index in [2.05, 4.69) is 85.0 Å². The van der Waals surface area contributed by atoms with Crippen molar-refractivity contribution in [2.75, 3.05) is 13.7 Å². The second-order valence-electron chi connectivity index (χ2n) is 7.40. The molecule has 1 atom stereocenters. The lowest BCUT2D eigenvalue weighted by molar-refractivity contribution is 0.414. The third-order valence-electron chi connectivity index (χ3n) is 5.35. The Morgan fingerprint density at radius 1 is 0.750 bits per heavy atom. The maximum atomic E-state index is 5.23. The second kappa shape index (κ2) is 10.7. The number of hydrogen-bond donors (Lipinski definition) is 1. The molecule has 0 spiro atoms. The second-order valence-corrected chi connectivity index (χ2v) is 7.40. The van der Waals surface area contributed by atoms with Crippen LogP contribution in [0.5, 0.6) is 5.75 Å². The van der Waals surface area contributed by atoms with Gasteiger partial charge < -0.3 is 10.1 Å². The average molecular weight is 374 g/mol. The van der Waals surface area contributed by atoms with E-state index in [1.807, 2.05) is 12.1 Å². The van der Waals surface area contributed by atoms with Crippen LogP contribution >= 0.6 is 0 Å². The van der Waals surface area contributed by atoms with Crippen molar-refractivity contribution in [3.8, 4) is 5.75 Å². The predicted molar refractivity (Wildman–Crippen MR) is 118 cm³/mol. The molecule has 2 heteroatoms. The summed E-state index contributed by atoms with van der Waals surface area (Å²) in [7, 11) is 1.71. The number of ether oxygens (including phenoxy) is 1. The fourth-order valence-corrected chi connectivity index (χ4v) is 3.65. The van der Waals surface area contributed by atoms with Gasteiger partial charge in [0.15, 0.2) is 0 Å². The maximum absolute atomic E-state index is 5.23. The molecule has 1 N–H and O–H groups in total. The number of benzene rings is 3. The van der Waals surface area contributed by atoms with Gasteiger partial charge in [0, 0.05) is 12.0 Å². The highest BCUT2D eigenvalue weighted by atomic mass is 16.5. The zero-order valence-electron chi connectivity index (χ0n) is 17.0. The Balaban J connectivity index is 1.50. The molecule has 0 aliphatic rings. The van der Waals surface area contributed by atoms with Crippen molar-refractivity contribution in [2.24, 2.45) is 0 Å². The lowest BCUT2D eigenvalue weighted by Crippen LogP contribution is -2.28. The van der Waals surface area contributed by atoms with Gasteiger partial charge in [0.1, 0.15) is 5.75 Å². The van der Waals surface area contributed by atoms with Gasteiger partial charge in [-0.15, -0.1) is 0 Å². The topological polar surface area (TPSA) is 21.3 Å². The standard InChI is InChI=1S/C26H31NO/c1-21(13-14-22-15-17-25(28-2)18-16-22)27-20-19-26(23-9-5-3-6-10-23)24-11-7-4-8-12-24/h3-12,15-18,21,26-27H,13-14,19-20H2,1-2H3. The van der Waals surface area contributed by atoms with Gasteiger partial charge in [-0.05, 0) is 61.6 Å². The summed E-state index contributed by atoms with van der Waals surface area (Å²) in [5, 5.41) is 3.72. The van der Waals surface area contributed by atoms with Crippen molar-refractivity contribution in [3.05, 3.63) is 102 Å². The molecule has 3 aromatic carbocycles. The first-order chi connectivity index (χ1) is 13.8. The third-order valence-corrected chi connectivity index (χ3v) is 5.35. The van der Waals surface area contributed by atoms with Crippen molar-refractivity contribution in [3.63, 3.8) is 0 Å². The van der Waals surface area contributed by atoms with Gasteiger partial charge in [-0.25, -0.2) is 0 Å². The predicted octanol–water partition coefficient (Wildman–Crippen LogP) is 5.83. The SMILES string of the molecule is COc1ccc(CCC(C)NCCC(c2ccccc2)c2ccccc2)cc1. The minimum Gasteiger partial charge on any atom is -0.497 e. The lowest BCUT2D eigenvalue weighted by atomic mass is 9.88. The molecule has 146 valence electrons. The van der Waals surface area contributed by atoms with E-state index in [-0.39, 0.29) is 0 Å². The van der Waals surface area contributed by atoms with Gasteiger partial charge in [-0.3, -0.25) is 0 Å². The van der Waals surface area contributed by atoms with E-state index in [0.29, 0.717) is 12.0 Å². The number of aryl methyl sites for hydroxylation is 1. The molecule has 0 saturated heterocycles. The number of nitrogens with one attached hydrogen (secondary N) is 1. The Morgan fingerprint density at radius 3 is 1.86 bits per heavy atom. The Morgan fingerprint density at radius 2 is 1.32 bits per heavy atom. The fourth-order valence-electron chi connectivity index (χ4n) is 3.65. The molecule has 0 radical (unpaired) electrons. The van der Waals surface area contributed by atoms with Crippen molar-refractivity contribution >= 4 is 0 Å². The summed E-state index contributed by atoms with van der Waals surface area (Å²) in [6.45, 7) is 3.29. The minimum atomic E-state index is 0.434. The first kappa shape index (κ1) is 20.2. The Labute approximate surface area is 169 Å². The molecular formula is C26H31NO. The average Bonchev–Trinajstić information content (AvgIpc) is 2.77. The molecule has 3 aromatic rings. The monoisotopic (exact) mass is 373 g/mol. The van der Waals surface area contributed by atoms with Crippen molar-refractivity contribution in [1.82, 2.24) is 5.32 Å². The highest BCUT2D eigenvalue weighted by Crippen LogP contribution is 2.27. The van der Waals surface area contributed by atoms with Crippen LogP contribution in [0.2, 0.25) is 0 Å². The number of hydrogen-bond acceptors (Lipinski definition) is 2. The van der Waals surface area contributed by atoms with Gasteiger partial charge in [0.2, 0.25) is 0 Å². The molecule has 0 aromatic heterocycles. The minimum absolute atomic E-state index is 0.434. The molecule has 0 saturated carbocycles. The summed E-state index contributed by atoms with van der Waals surface area (Å²) in [6, 6.07) is 30.6. The van der Waals surface area contributed by atoms with Crippen molar-refractivity contribution in [2.45, 2.75) is 38.1 Å². The zero-order chi connectivity index (χ0) is 19.6. The van der Waals surface area contributed by atoms with Crippen LogP contribution in [0.15, 0.2) is 84.9 Å². The Hall–Kier alpha value is -2.58. The van der Waals surface area contributed by atoms with Crippen LogP contribution in [0, 0.1) is 0 Å². The van der Waals surface area contributed by atoms with E-state index in [4.69, 9.17) is 4.74 Å². The normalized spacial score (nSPS) is 12.1. The van der Waals surface area contributed by atoms with Crippen LogP contribution in [-0.2, 0) is 6.42 Å². The Bertz CT molecular complexity index is 759. The van der Waals surface area contributed by atoms with Gasteiger partial charge in [0.25, 0.3) is 0 Å². The summed E-state index contributed by atoms with van der Waals surface area (Å²) in [4.78, 5) is 0. The van der Waals surface area contributed by atoms with E-state index in [1.165, 1.54) is 16.7 Å². The highest BCUT2D eigenvalue weighted by Gasteiger charge is 2.14. The van der Waals surface area contributed by atoms with Crippen LogP contribution in [0.25, 0.3) is 0 Å². The molecule has 0 bridgehead atoms. The largest absolute Gasteiger partial charge is 0.497 e. The van der Waals surface area contributed by atoms with Crippen LogP contribution in [0.4, 0.5) is 0 Å². The summed E-state index contributed by atoms with van der Waals surface area (Å²) >= 11 is 0. The van der Waals surface area contributed by atoms with E-state index in [1.54, 1.807) is 7.11 Å². The van der Waals surface area contributed by atoms with Gasteiger partial charge in [0.05, 0.1) is 7.11 Å². The molecule has 0 fully saturated rings. The smallest absolute Gasteiger partial charge is 0.118 e. The lowest BCUT2D eigenvalue weighted by Gasteiger charge is -2.20. The number of methoxy groups -OCH3 is 1. The first-order valence-electron chi connectivity index (χ1n) is 10.2. The van der Waals surface area contributed by atoms with Crippen LogP contribution in [0.1, 0.15) is 42.4 Å². The van der Waals surface area contributed by atoms with Gasteiger partial charge in [-0.1, -0.05) is 72.8 Å². The maximum Gasteiger partial charge on any atom is 0.118 e. The molecule has 2 nitrogen and oxygen atoms in total. The molecule has 0 heterocycles. The first-order valence-corrected chi connectivity index (χ1v) is 10.2. The molecule has 28 heavy (non-hydrogen) atoms. The van der Waals surface area contributed by atoms with Crippen LogP contribution in [0.3, 0.4) is 0 Å². The highest BCUT2D eigenvalue weighted by molar-refractivity contribution is 5.32. The van der Waals surface area contributed by atoms with Crippen molar-refractivity contribution in [1.29, 1.82) is 0 Å². The molecule has 0 aliphatic heterocycles. The Kier molecular flexibility index (Phi) is 7.69. The van der Waals surface area contributed by atoms with Crippen LogP contribution in [-0.4, -0.2) is 19.7 Å². The number of rotatable bonds is 10. The molecule has 3 rings (SSSR count). The molecular weight excluding hydrogens is 342 g/mol. The van der Waals surface area contributed by atoms with E-state index in [0.717, 1.165) is 31.6 Å². The van der Waals surface area contributed by atoms with E-state index >= 15 is 0 Å². The van der Waals surface area contributed by atoms with Gasteiger partial charge >= 0.3 is 0 Å². The van der Waals surface area contributed by atoms with E-state index < -0.39 is 0 Å². The molecule has 1 unspecified atom stereocenters. The quantitative estimate of drug-likeness (QED) is 0.483. The summed E-state index contributed by atoms with van der Waals surface area (Å²) in [5.41, 5.74) is 4.14. The van der Waals surface area contributed by atoms with E-state index in [9.17, 15) is 0 Å². The van der Waals surface area contributed by atoms with Gasteiger partial charge in [-0.2, -0.15) is 0 Å². The summed E-state index contributed by atoms with van der Waals surface area (Å²) in [5.74, 6) is 1.35. The zero-order valence-corrected chi connectivity index (χ0v) is 17.0. The van der Waals surface area contributed by atoms with Crippen LogP contribution < -0.4 is 10.1 Å². The molecule has 0 aliphatic carbocycles. The summed E-state index contributed by atoms with van der Waals surface area (Å²) < 4.78 is 5.23. The molecule has 0 amide bonds. The van der Waals surface area contributed by atoms with Crippen molar-refractivity contribution < 1.29 is 4.74 Å². The summed E-state index contributed by atoms with van der Waals surface area (Å²) in [6.07, 6.45) is 3.31. The third kappa shape index (κ3) is 5.97. The fraction of sp³-hybridized carbons (Fsp3) is 0.308.